The fourth-order valence-corrected chi connectivity index (χ4v) is 6.69. The van der Waals surface area contributed by atoms with Crippen molar-refractivity contribution in [3.63, 3.8) is 0 Å². The van der Waals surface area contributed by atoms with Gasteiger partial charge in [0, 0.05) is 39.3 Å². The van der Waals surface area contributed by atoms with Gasteiger partial charge in [0.15, 0.2) is 0 Å². The van der Waals surface area contributed by atoms with Crippen LogP contribution in [0.5, 0.6) is 0 Å². The van der Waals surface area contributed by atoms with Crippen molar-refractivity contribution in [1.82, 2.24) is 14.9 Å². The van der Waals surface area contributed by atoms with E-state index in [1.54, 1.807) is 6.07 Å². The van der Waals surface area contributed by atoms with Crippen molar-refractivity contribution < 1.29 is 8.42 Å². The number of hydrogen-bond acceptors (Lipinski definition) is 5. The highest BCUT2D eigenvalue weighted by atomic mass is 79.9. The fraction of sp³-hybridized carbons (Fsp3) is 0.600. The van der Waals surface area contributed by atoms with Crippen molar-refractivity contribution in [2.75, 3.05) is 39.3 Å². The molecule has 19 heavy (non-hydrogen) atoms. The number of sulfonamides is 1. The van der Waals surface area contributed by atoms with Crippen molar-refractivity contribution >= 4 is 53.2 Å². The Balaban J connectivity index is 1.89. The van der Waals surface area contributed by atoms with Crippen LogP contribution in [0, 0.1) is 0 Å². The van der Waals surface area contributed by atoms with Gasteiger partial charge in [0.1, 0.15) is 4.90 Å². The second kappa shape index (κ2) is 6.97. The summed E-state index contributed by atoms with van der Waals surface area (Å²) in [7, 11) is -3.43. The summed E-state index contributed by atoms with van der Waals surface area (Å²) >= 11 is 7.91. The Kier molecular flexibility index (Phi) is 5.82. The molecule has 2 rings (SSSR count). The fourth-order valence-electron chi connectivity index (χ4n) is 1.86. The molecule has 1 fully saturated rings. The highest BCUT2D eigenvalue weighted by Gasteiger charge is 2.20. The molecule has 108 valence electrons. The van der Waals surface area contributed by atoms with Gasteiger partial charge in [-0.15, -0.1) is 11.3 Å². The number of halogens is 2. The van der Waals surface area contributed by atoms with Gasteiger partial charge in [-0.25, -0.2) is 13.1 Å². The van der Waals surface area contributed by atoms with Crippen LogP contribution < -0.4 is 10.0 Å². The van der Waals surface area contributed by atoms with E-state index in [4.69, 9.17) is 0 Å². The Morgan fingerprint density at radius 3 is 2.63 bits per heavy atom. The molecule has 1 aromatic heterocycles. The third-order valence-electron chi connectivity index (χ3n) is 2.84. The standard InChI is InChI=1S/C10H15Br2N3O2S2/c11-9-7-8(10(12)18-9)19(16,17)14-3-6-15-4-1-13-2-5-15/h7,13-14H,1-6H2. The van der Waals surface area contributed by atoms with Crippen LogP contribution in [-0.2, 0) is 10.0 Å². The van der Waals surface area contributed by atoms with E-state index >= 15 is 0 Å². The minimum absolute atomic E-state index is 0.296. The molecule has 1 aliphatic rings. The first-order valence-electron chi connectivity index (χ1n) is 5.86. The van der Waals surface area contributed by atoms with Crippen LogP contribution in [0.25, 0.3) is 0 Å². The monoisotopic (exact) mass is 431 g/mol. The number of piperazine rings is 1. The van der Waals surface area contributed by atoms with Crippen molar-refractivity contribution in [1.29, 1.82) is 0 Å². The van der Waals surface area contributed by atoms with E-state index in [0.717, 1.165) is 36.5 Å². The molecule has 2 heterocycles. The summed E-state index contributed by atoms with van der Waals surface area (Å²) in [5, 5.41) is 3.27. The molecule has 2 N–H and O–H groups in total. The summed E-state index contributed by atoms with van der Waals surface area (Å²) in [6, 6.07) is 1.61. The molecule has 0 radical (unpaired) electrons. The molecule has 0 spiro atoms. The molecule has 0 aliphatic carbocycles. The average Bonchev–Trinajstić information content (AvgIpc) is 2.70. The third-order valence-corrected chi connectivity index (χ3v) is 7.06. The molecule has 0 saturated carbocycles. The normalized spacial score (nSPS) is 17.8. The Morgan fingerprint density at radius 2 is 2.05 bits per heavy atom. The summed E-state index contributed by atoms with van der Waals surface area (Å²) in [5.74, 6) is 0. The Hall–Kier alpha value is 0.490. The van der Waals surface area contributed by atoms with Crippen molar-refractivity contribution in [3.05, 3.63) is 13.6 Å². The van der Waals surface area contributed by atoms with E-state index in [2.05, 4.69) is 46.8 Å². The van der Waals surface area contributed by atoms with Crippen LogP contribution in [0.3, 0.4) is 0 Å². The van der Waals surface area contributed by atoms with E-state index in [0.29, 0.717) is 15.2 Å². The second-order valence-corrected chi connectivity index (χ2v) is 9.66. The van der Waals surface area contributed by atoms with Gasteiger partial charge in [-0.2, -0.15) is 0 Å². The zero-order valence-corrected chi connectivity index (χ0v) is 15.0. The highest BCUT2D eigenvalue weighted by molar-refractivity contribution is 9.12. The van der Waals surface area contributed by atoms with Crippen LogP contribution in [0.2, 0.25) is 0 Å². The second-order valence-electron chi connectivity index (χ2n) is 4.18. The van der Waals surface area contributed by atoms with Gasteiger partial charge in [0.2, 0.25) is 10.0 Å². The summed E-state index contributed by atoms with van der Waals surface area (Å²) < 4.78 is 28.3. The number of rotatable bonds is 5. The van der Waals surface area contributed by atoms with E-state index in [9.17, 15) is 8.42 Å². The average molecular weight is 433 g/mol. The van der Waals surface area contributed by atoms with Gasteiger partial charge in [-0.1, -0.05) is 0 Å². The van der Waals surface area contributed by atoms with Crippen molar-refractivity contribution in [3.8, 4) is 0 Å². The van der Waals surface area contributed by atoms with E-state index in [1.165, 1.54) is 11.3 Å². The maximum absolute atomic E-state index is 12.1. The molecule has 0 bridgehead atoms. The summed E-state index contributed by atoms with van der Waals surface area (Å²) in [4.78, 5) is 2.54. The van der Waals surface area contributed by atoms with Crippen molar-refractivity contribution in [2.45, 2.75) is 4.90 Å². The van der Waals surface area contributed by atoms with Crippen molar-refractivity contribution in [2.24, 2.45) is 0 Å². The van der Waals surface area contributed by atoms with Crippen LogP contribution in [0.15, 0.2) is 18.5 Å². The maximum atomic E-state index is 12.1. The topological polar surface area (TPSA) is 61.4 Å². The summed E-state index contributed by atoms with van der Waals surface area (Å²) in [6.45, 7) is 5.04. The van der Waals surface area contributed by atoms with E-state index in [1.807, 2.05) is 0 Å². The largest absolute Gasteiger partial charge is 0.314 e. The lowest BCUT2D eigenvalue weighted by Crippen LogP contribution is -2.46. The molecule has 9 heteroatoms. The molecule has 0 amide bonds. The van der Waals surface area contributed by atoms with E-state index < -0.39 is 10.0 Å². The minimum atomic E-state index is -3.43. The lowest BCUT2D eigenvalue weighted by molar-refractivity contribution is 0.245. The maximum Gasteiger partial charge on any atom is 0.242 e. The van der Waals surface area contributed by atoms with Crippen LogP contribution in [0.1, 0.15) is 0 Å². The predicted octanol–water partition coefficient (Wildman–Crippen LogP) is 1.46. The predicted molar refractivity (Wildman–Crippen MR) is 84.2 cm³/mol. The van der Waals surface area contributed by atoms with Gasteiger partial charge < -0.3 is 5.32 Å². The zero-order valence-electron chi connectivity index (χ0n) is 10.2. The molecule has 1 aromatic rings. The minimum Gasteiger partial charge on any atom is -0.314 e. The van der Waals surface area contributed by atoms with Gasteiger partial charge in [0.05, 0.1) is 7.57 Å². The van der Waals surface area contributed by atoms with Gasteiger partial charge in [-0.3, -0.25) is 4.90 Å². The van der Waals surface area contributed by atoms with Gasteiger partial charge >= 0.3 is 0 Å². The zero-order chi connectivity index (χ0) is 13.9. The van der Waals surface area contributed by atoms with Crippen LogP contribution in [0.4, 0.5) is 0 Å². The summed E-state index contributed by atoms with van der Waals surface area (Å²) in [6.07, 6.45) is 0. The molecule has 1 saturated heterocycles. The van der Waals surface area contributed by atoms with Crippen LogP contribution >= 0.6 is 43.2 Å². The highest BCUT2D eigenvalue weighted by Crippen LogP contribution is 2.34. The Morgan fingerprint density at radius 1 is 1.37 bits per heavy atom. The van der Waals surface area contributed by atoms with Gasteiger partial charge in [0.25, 0.3) is 0 Å². The summed E-state index contributed by atoms with van der Waals surface area (Å²) in [5.41, 5.74) is 0. The smallest absolute Gasteiger partial charge is 0.242 e. The third kappa shape index (κ3) is 4.48. The first kappa shape index (κ1) is 15.9. The molecule has 0 atom stereocenters. The Bertz CT molecular complexity index is 527. The SMILES string of the molecule is O=S(=O)(NCCN1CCNCC1)c1cc(Br)sc1Br. The lowest BCUT2D eigenvalue weighted by Gasteiger charge is -2.27. The van der Waals surface area contributed by atoms with Crippen LogP contribution in [-0.4, -0.2) is 52.6 Å². The lowest BCUT2D eigenvalue weighted by atomic mass is 10.3. The van der Waals surface area contributed by atoms with Gasteiger partial charge in [-0.05, 0) is 37.9 Å². The van der Waals surface area contributed by atoms with E-state index in [-0.39, 0.29) is 0 Å². The molecule has 5 nitrogen and oxygen atoms in total. The number of nitrogens with zero attached hydrogens (tertiary/aromatic N) is 1. The molecular weight excluding hydrogens is 418 g/mol. The molecular formula is C10H15Br2N3O2S2. The molecule has 0 unspecified atom stereocenters. The quantitative estimate of drug-likeness (QED) is 0.739. The number of thiophene rings is 1. The molecule has 0 aromatic carbocycles. The first-order valence-corrected chi connectivity index (χ1v) is 9.75. The first-order chi connectivity index (χ1) is 8.99. The molecule has 1 aliphatic heterocycles. The number of hydrogen-bond donors (Lipinski definition) is 2. The number of nitrogens with one attached hydrogen (secondary N) is 2. The Labute approximate surface area is 134 Å².